The molecule has 104 heavy (non-hydrogen) atoms. The summed E-state index contributed by atoms with van der Waals surface area (Å²) in [5.74, 6) is -10.1. The molecule has 9 atom stereocenters. The van der Waals surface area contributed by atoms with Gasteiger partial charge in [0.15, 0.2) is 5.96 Å². The van der Waals surface area contributed by atoms with Crippen molar-refractivity contribution in [3.05, 3.63) is 144 Å². The van der Waals surface area contributed by atoms with Gasteiger partial charge >= 0.3 is 0 Å². The van der Waals surface area contributed by atoms with Crippen LogP contribution in [0.4, 0.5) is 0 Å². The highest BCUT2D eigenvalue weighted by Gasteiger charge is 2.40. The maximum Gasteiger partial charge on any atom is 0.300 e. The number of likely N-dealkylation sites (tertiary alicyclic amines) is 1. The van der Waals surface area contributed by atoms with E-state index in [-0.39, 0.29) is 101 Å². The van der Waals surface area contributed by atoms with Crippen LogP contribution in [0.15, 0.2) is 122 Å². The molecule has 11 amide bonds. The van der Waals surface area contributed by atoms with Crippen molar-refractivity contribution in [1.82, 2.24) is 73.0 Å². The lowest BCUT2D eigenvalue weighted by Crippen LogP contribution is -2.61. The topological polar surface area (TPSA) is 509 Å². The fourth-order valence-corrected chi connectivity index (χ4v) is 12.6. The smallest absolute Gasteiger partial charge is 0.300 e. The molecule has 4 heterocycles. The number of nitrogens with two attached hydrogens (primary N) is 2. The van der Waals surface area contributed by atoms with Crippen molar-refractivity contribution in [3.63, 3.8) is 0 Å². The van der Waals surface area contributed by atoms with Crippen LogP contribution >= 0.6 is 0 Å². The molecule has 2 saturated heterocycles. The van der Waals surface area contributed by atoms with Crippen LogP contribution in [0.5, 0.6) is 5.75 Å². The molecule has 0 saturated carbocycles. The lowest BCUT2D eigenvalue weighted by atomic mass is 9.92. The molecule has 5 aromatic carbocycles. The number of aromatic hydroxyl groups is 1. The number of aromatic amines is 2. The minimum Gasteiger partial charge on any atom is -0.508 e. The molecule has 32 nitrogen and oxygen atoms in total. The number of rotatable bonds is 33. The number of imidazole rings is 1. The first-order valence-electron chi connectivity index (χ1n) is 34.1. The summed E-state index contributed by atoms with van der Waals surface area (Å²) in [5, 5.41) is 67.1. The SMILES string of the molecule is CC(=O)O.CC(C)C[C@H](NC(=O)[C@@H](Cc1c2ccccc2cc2ccccc12)NC(=O)[C@H](Cc1ccc(O)cc1)NC(=O)[C@H](CO)NC(=O)[C@H](Cc1c[nH]c2ccccc12)NC(=O)[C@H](Cc1c[nH]cn1)NC(=O)[C@@H]1CCC(=O)N1)C(=O)N[C@@H](CCCNC(=N)N)C(=O)N1CCC[C@H]1C(=O)NCC(N)=O. The number of guanidine groups is 1. The van der Waals surface area contributed by atoms with Gasteiger partial charge in [0.1, 0.15) is 60.1 Å². The van der Waals surface area contributed by atoms with Crippen LogP contribution in [0.3, 0.4) is 0 Å². The number of amides is 11. The molecular weight excluding hydrogens is 1340 g/mol. The minimum atomic E-state index is -1.82. The molecule has 9 rings (SSSR count). The summed E-state index contributed by atoms with van der Waals surface area (Å²) in [5.41, 5.74) is 13.5. The Bertz CT molecular complexity index is 4200. The second-order valence-electron chi connectivity index (χ2n) is 26.0. The maximum absolute atomic E-state index is 15.5. The Kier molecular flexibility index (Phi) is 27.7. The second kappa shape index (κ2) is 37.1. The number of hydrogen-bond donors (Lipinski definition) is 18. The van der Waals surface area contributed by atoms with Gasteiger partial charge in [-0.3, -0.25) is 62.9 Å². The summed E-state index contributed by atoms with van der Waals surface area (Å²) >= 11 is 0. The van der Waals surface area contributed by atoms with Crippen LogP contribution in [0.1, 0.15) is 88.1 Å². The van der Waals surface area contributed by atoms with Crippen LogP contribution < -0.4 is 64.6 Å². The molecule has 0 unspecified atom stereocenters. The minimum absolute atomic E-state index is 0.00768. The molecule has 0 spiro atoms. The highest BCUT2D eigenvalue weighted by Crippen LogP contribution is 2.30. The number of carboxylic acid groups (broad SMARTS) is 1. The first-order chi connectivity index (χ1) is 49.7. The Balaban J connectivity index is 0.00000333. The molecule has 20 N–H and O–H groups in total. The third kappa shape index (κ3) is 22.0. The van der Waals surface area contributed by atoms with Gasteiger partial charge < -0.3 is 94.8 Å². The molecule has 552 valence electrons. The van der Waals surface area contributed by atoms with Gasteiger partial charge in [0.05, 0.1) is 25.2 Å². The Labute approximate surface area is 597 Å². The molecule has 0 bridgehead atoms. The molecular formula is C72H89N17O15. The van der Waals surface area contributed by atoms with Crippen LogP contribution in [-0.2, 0) is 83.2 Å². The number of aliphatic hydroxyl groups is 1. The van der Waals surface area contributed by atoms with E-state index in [1.54, 1.807) is 30.5 Å². The number of phenols is 1. The number of benzene rings is 5. The van der Waals surface area contributed by atoms with Gasteiger partial charge in [0.2, 0.25) is 65.0 Å². The number of hydrogen-bond acceptors (Lipinski definition) is 16. The summed E-state index contributed by atoms with van der Waals surface area (Å²) in [6.45, 7) is 3.46. The number of para-hydroxylation sites is 1. The van der Waals surface area contributed by atoms with Gasteiger partial charge in [0.25, 0.3) is 5.97 Å². The maximum atomic E-state index is 15.5. The predicted molar refractivity (Wildman–Crippen MR) is 382 cm³/mol. The highest BCUT2D eigenvalue weighted by atomic mass is 16.4. The van der Waals surface area contributed by atoms with Crippen LogP contribution in [0.25, 0.3) is 32.4 Å². The summed E-state index contributed by atoms with van der Waals surface area (Å²) in [7, 11) is 0. The number of carbonyl (C=O) groups excluding carboxylic acids is 11. The Morgan fingerprint density at radius 2 is 1.19 bits per heavy atom. The van der Waals surface area contributed by atoms with E-state index in [1.807, 2.05) is 68.4 Å². The number of aliphatic carboxylic acids is 1. The standard InChI is InChI=1S/C70H85N17O13.C2H4O2/c1-38(2)27-52(62(93)80-51(17-9-25-75-70(72)73)69(100)87-26-10-18-58(87)68(99)77-35-59(71)90)81-66(97)56(32-48-45-13-5-3-11-40(45)29-41-12-4-6-14-46(41)48)85-63(94)53(28-39-19-21-44(89)22-20-39)82-67(98)57(36-88)86-64(95)54(30-42-33-76-49-16-8-7-15-47(42)49)83-65(96)55(31-43-34-74-37-78-43)84-61(92)50-23-24-60(91)79-50;1-2(3)4/h3-8,11-16,19-22,29,33-34,37-38,50-58,76,88-89H,9-10,17-18,23-28,30-32,35-36H2,1-2H3,(H2,71,90)(H,74,78)(H,77,99)(H,79,91)(H,80,93)(H,81,97)(H,82,98)(H,83,96)(H,84,92)(H,85,94)(H,86,95)(H4,72,73,75);1H3,(H,3,4)/t50-,51-,52-,53-,54-,55-,56+,57-,58-;/m0./s1. The number of fused-ring (bicyclic) bond motifs is 3. The highest BCUT2D eigenvalue weighted by molar-refractivity contribution is 6.04. The van der Waals surface area contributed by atoms with Crippen molar-refractivity contribution in [2.24, 2.45) is 17.4 Å². The van der Waals surface area contributed by atoms with Crippen molar-refractivity contribution < 1.29 is 72.9 Å². The summed E-state index contributed by atoms with van der Waals surface area (Å²) in [6.07, 6.45) is 4.84. The lowest BCUT2D eigenvalue weighted by Gasteiger charge is -2.31. The number of primary amides is 1. The summed E-state index contributed by atoms with van der Waals surface area (Å²) < 4.78 is 0. The molecule has 0 aliphatic carbocycles. The number of carboxylic acids is 1. The van der Waals surface area contributed by atoms with Gasteiger partial charge in [-0.15, -0.1) is 0 Å². The molecule has 2 aromatic heterocycles. The number of phenolic OH excluding ortho intramolecular Hbond substituents is 1. The van der Waals surface area contributed by atoms with E-state index in [4.69, 9.17) is 26.8 Å². The zero-order valence-electron chi connectivity index (χ0n) is 57.7. The Morgan fingerprint density at radius 3 is 1.77 bits per heavy atom. The number of nitrogens with zero attached hydrogens (tertiary/aromatic N) is 2. The number of carbonyl (C=O) groups is 12. The average molecular weight is 1430 g/mol. The average Bonchev–Trinajstić information content (AvgIpc) is 1.75. The molecule has 0 radical (unpaired) electrons. The third-order valence-electron chi connectivity index (χ3n) is 17.6. The zero-order chi connectivity index (χ0) is 75.1. The van der Waals surface area contributed by atoms with Gasteiger partial charge in [-0.05, 0) is 107 Å². The fraction of sp³-hybridized carbons (Fsp3) is 0.389. The van der Waals surface area contributed by atoms with Crippen molar-refractivity contribution in [1.29, 1.82) is 5.41 Å². The Morgan fingerprint density at radius 1 is 0.644 bits per heavy atom. The number of nitrogens with one attached hydrogen (secondary N) is 13. The quantitative estimate of drug-likeness (QED) is 0.0110. The summed E-state index contributed by atoms with van der Waals surface area (Å²) in [6, 6.07) is 17.3. The molecule has 2 aliphatic rings. The lowest BCUT2D eigenvalue weighted by molar-refractivity contribution is -0.142. The van der Waals surface area contributed by atoms with Gasteiger partial charge in [0, 0.05) is 75.4 Å². The predicted octanol–water partition coefficient (Wildman–Crippen LogP) is -0.169. The van der Waals surface area contributed by atoms with Gasteiger partial charge in [-0.2, -0.15) is 0 Å². The first-order valence-corrected chi connectivity index (χ1v) is 34.1. The normalized spacial score (nSPS) is 16.0. The van der Waals surface area contributed by atoms with E-state index in [2.05, 4.69) is 68.1 Å². The van der Waals surface area contributed by atoms with Gasteiger partial charge in [-0.25, -0.2) is 4.98 Å². The molecule has 2 fully saturated rings. The number of aliphatic hydroxyl groups excluding tert-OH is 1. The largest absolute Gasteiger partial charge is 0.508 e. The zero-order valence-corrected chi connectivity index (χ0v) is 57.7. The number of H-pyrrole nitrogens is 2. The van der Waals surface area contributed by atoms with Crippen molar-refractivity contribution >= 4 is 109 Å². The van der Waals surface area contributed by atoms with E-state index >= 15 is 9.59 Å². The van der Waals surface area contributed by atoms with E-state index in [1.165, 1.54) is 41.7 Å². The monoisotopic (exact) mass is 1430 g/mol. The first kappa shape index (κ1) is 77.8. The third-order valence-corrected chi connectivity index (χ3v) is 17.6. The van der Waals surface area contributed by atoms with E-state index in [9.17, 15) is 53.4 Å². The van der Waals surface area contributed by atoms with Gasteiger partial charge in [-0.1, -0.05) is 92.7 Å². The van der Waals surface area contributed by atoms with Crippen molar-refractivity contribution in [2.45, 2.75) is 146 Å². The molecule has 2 aliphatic heterocycles. The number of aromatic nitrogens is 3. The Hall–Kier alpha value is -12.0. The fourth-order valence-electron chi connectivity index (χ4n) is 12.6. The van der Waals surface area contributed by atoms with E-state index < -0.39 is 133 Å². The van der Waals surface area contributed by atoms with Crippen molar-refractivity contribution in [2.75, 3.05) is 26.2 Å². The second-order valence-corrected chi connectivity index (χ2v) is 26.0. The van der Waals surface area contributed by atoms with E-state index in [0.717, 1.165) is 28.5 Å². The van der Waals surface area contributed by atoms with Crippen LogP contribution in [0.2, 0.25) is 0 Å². The molecule has 7 aromatic rings. The van der Waals surface area contributed by atoms with Crippen molar-refractivity contribution in [3.8, 4) is 5.75 Å². The molecule has 32 heteroatoms. The van der Waals surface area contributed by atoms with Crippen LogP contribution in [-0.4, -0.2) is 193 Å². The van der Waals surface area contributed by atoms with E-state index in [0.29, 0.717) is 39.7 Å². The summed E-state index contributed by atoms with van der Waals surface area (Å²) in [4.78, 5) is 176. The van der Waals surface area contributed by atoms with Crippen LogP contribution in [0, 0.1) is 11.3 Å².